The highest BCUT2D eigenvalue weighted by Gasteiger charge is 2.36. The third kappa shape index (κ3) is 4.71. The standard InChI is InChI=1S/C32H14F6N6/c33-31(34,35)27-7-15(1-3-17(27)11-39)21-9-25-23(5-19(21)13-41)24-6-20(14-42)22(10-26(24)29(25)30(43)44)16-2-4-18(12-40)28(8-16)32(36,37)38/h1-10H,43-44H2. The molecule has 6 nitrogen and oxygen atoms in total. The topological polar surface area (TPSA) is 147 Å². The Morgan fingerprint density at radius 2 is 0.841 bits per heavy atom. The highest BCUT2D eigenvalue weighted by Crippen LogP contribution is 2.49. The summed E-state index contributed by atoms with van der Waals surface area (Å²) in [7, 11) is 0. The molecule has 12 heteroatoms. The molecular weight excluding hydrogens is 582 g/mol. The van der Waals surface area contributed by atoms with E-state index in [0.717, 1.165) is 24.3 Å². The molecule has 0 aliphatic heterocycles. The monoisotopic (exact) mass is 596 g/mol. The highest BCUT2D eigenvalue weighted by molar-refractivity contribution is 6.05. The van der Waals surface area contributed by atoms with Crippen molar-refractivity contribution in [2.75, 3.05) is 0 Å². The van der Waals surface area contributed by atoms with Gasteiger partial charge in [-0.2, -0.15) is 47.4 Å². The van der Waals surface area contributed by atoms with Crippen molar-refractivity contribution in [1.29, 1.82) is 21.0 Å². The number of nitrogens with two attached hydrogens (primary N) is 2. The van der Waals surface area contributed by atoms with E-state index in [0.29, 0.717) is 22.3 Å². The molecule has 0 heterocycles. The average Bonchev–Trinajstić information content (AvgIpc) is 3.30. The molecule has 0 unspecified atom stereocenters. The SMILES string of the molecule is N#Cc1cc2c(cc1-c1ccc(C#N)c(C(F)(F)F)c1)C(=C(N)N)c1cc(-c3ccc(C#N)c(C(F)(F)F)c3)c(C#N)cc1-2. The summed E-state index contributed by atoms with van der Waals surface area (Å²) in [4.78, 5) is 0. The second-order valence-corrected chi connectivity index (χ2v) is 9.68. The maximum absolute atomic E-state index is 13.7. The fourth-order valence-corrected chi connectivity index (χ4v) is 5.27. The van der Waals surface area contributed by atoms with E-state index in [1.807, 2.05) is 12.1 Å². The lowest BCUT2D eigenvalue weighted by Crippen LogP contribution is -2.11. The number of rotatable bonds is 2. The van der Waals surface area contributed by atoms with E-state index in [1.165, 1.54) is 48.5 Å². The number of hydrogen-bond acceptors (Lipinski definition) is 6. The van der Waals surface area contributed by atoms with Gasteiger partial charge in [-0.15, -0.1) is 0 Å². The van der Waals surface area contributed by atoms with Crippen LogP contribution in [0.1, 0.15) is 44.5 Å². The first-order valence-electron chi connectivity index (χ1n) is 12.4. The molecule has 0 fully saturated rings. The number of benzene rings is 4. The molecule has 0 saturated carbocycles. The fraction of sp³-hybridized carbons (Fsp3) is 0.0625. The fourth-order valence-electron chi connectivity index (χ4n) is 5.27. The normalized spacial score (nSPS) is 11.9. The van der Waals surface area contributed by atoms with E-state index in [2.05, 4.69) is 0 Å². The smallest absolute Gasteiger partial charge is 0.385 e. The van der Waals surface area contributed by atoms with Crippen LogP contribution in [0.2, 0.25) is 0 Å². The summed E-state index contributed by atoms with van der Waals surface area (Å²) in [5, 5.41) is 38.2. The van der Waals surface area contributed by atoms with Crippen molar-refractivity contribution in [3.8, 4) is 57.7 Å². The predicted octanol–water partition coefficient (Wildman–Crippen LogP) is 7.16. The van der Waals surface area contributed by atoms with Crippen LogP contribution in [0.3, 0.4) is 0 Å². The molecule has 0 spiro atoms. The van der Waals surface area contributed by atoms with Gasteiger partial charge in [-0.3, -0.25) is 0 Å². The van der Waals surface area contributed by atoms with Crippen LogP contribution in [0.5, 0.6) is 0 Å². The largest absolute Gasteiger partial charge is 0.417 e. The molecule has 0 saturated heterocycles. The van der Waals surface area contributed by atoms with Crippen molar-refractivity contribution in [3.63, 3.8) is 0 Å². The minimum absolute atomic E-state index is 0.0164. The lowest BCUT2D eigenvalue weighted by Gasteiger charge is -2.14. The van der Waals surface area contributed by atoms with Gasteiger partial charge in [0.05, 0.1) is 57.7 Å². The lowest BCUT2D eigenvalue weighted by molar-refractivity contribution is -0.138. The van der Waals surface area contributed by atoms with Gasteiger partial charge < -0.3 is 11.5 Å². The van der Waals surface area contributed by atoms with Crippen LogP contribution in [-0.4, -0.2) is 0 Å². The molecule has 5 rings (SSSR count). The van der Waals surface area contributed by atoms with Gasteiger partial charge in [0.15, 0.2) is 0 Å². The minimum Gasteiger partial charge on any atom is -0.385 e. The van der Waals surface area contributed by atoms with E-state index in [9.17, 15) is 36.9 Å². The summed E-state index contributed by atoms with van der Waals surface area (Å²) >= 11 is 0. The highest BCUT2D eigenvalue weighted by atomic mass is 19.4. The Hall–Kier alpha value is -6.24. The van der Waals surface area contributed by atoms with Crippen LogP contribution >= 0.6 is 0 Å². The second-order valence-electron chi connectivity index (χ2n) is 9.68. The maximum atomic E-state index is 13.7. The van der Waals surface area contributed by atoms with Crippen molar-refractivity contribution >= 4 is 5.57 Å². The van der Waals surface area contributed by atoms with Crippen LogP contribution in [0.15, 0.2) is 66.5 Å². The van der Waals surface area contributed by atoms with Crippen LogP contribution in [-0.2, 0) is 12.4 Å². The quantitative estimate of drug-likeness (QED) is 0.207. The zero-order chi connectivity index (χ0) is 32.1. The van der Waals surface area contributed by atoms with Crippen LogP contribution < -0.4 is 11.5 Å². The zero-order valence-corrected chi connectivity index (χ0v) is 22.0. The number of halogens is 6. The van der Waals surface area contributed by atoms with Crippen LogP contribution in [0.25, 0.3) is 39.0 Å². The maximum Gasteiger partial charge on any atom is 0.417 e. The molecular formula is C32H14F6N6. The van der Waals surface area contributed by atoms with Gasteiger partial charge >= 0.3 is 12.4 Å². The zero-order valence-electron chi connectivity index (χ0n) is 22.0. The molecule has 4 aromatic carbocycles. The van der Waals surface area contributed by atoms with Gasteiger partial charge in [-0.1, -0.05) is 12.1 Å². The first-order valence-corrected chi connectivity index (χ1v) is 12.4. The van der Waals surface area contributed by atoms with Gasteiger partial charge in [0.2, 0.25) is 0 Å². The van der Waals surface area contributed by atoms with Gasteiger partial charge in [0.1, 0.15) is 5.82 Å². The summed E-state index contributed by atoms with van der Waals surface area (Å²) in [6.07, 6.45) is -9.70. The summed E-state index contributed by atoms with van der Waals surface area (Å²) in [6, 6.07) is 18.6. The Morgan fingerprint density at radius 3 is 1.14 bits per heavy atom. The molecule has 0 bridgehead atoms. The first-order chi connectivity index (χ1) is 20.7. The summed E-state index contributed by atoms with van der Waals surface area (Å²) < 4.78 is 82.2. The number of nitrogens with zero attached hydrogens (tertiary/aromatic N) is 4. The lowest BCUT2D eigenvalue weighted by atomic mass is 9.91. The third-order valence-electron chi connectivity index (χ3n) is 7.19. The molecule has 214 valence electrons. The Balaban J connectivity index is 1.76. The van der Waals surface area contributed by atoms with Gasteiger partial charge in [0.25, 0.3) is 0 Å². The van der Waals surface area contributed by atoms with Crippen molar-refractivity contribution in [2.24, 2.45) is 11.5 Å². The summed E-state index contributed by atoms with van der Waals surface area (Å²) in [6.45, 7) is 0. The number of alkyl halides is 6. The first kappa shape index (κ1) is 29.3. The van der Waals surface area contributed by atoms with E-state index in [4.69, 9.17) is 22.0 Å². The molecule has 1 aliphatic rings. The van der Waals surface area contributed by atoms with Crippen LogP contribution in [0, 0.1) is 45.3 Å². The molecule has 4 N–H and O–H groups in total. The average molecular weight is 596 g/mol. The number of hydrogen-bond donors (Lipinski definition) is 2. The van der Waals surface area contributed by atoms with E-state index in [1.54, 1.807) is 0 Å². The molecule has 1 aliphatic carbocycles. The van der Waals surface area contributed by atoms with Crippen molar-refractivity contribution in [3.05, 3.63) is 111 Å². The summed E-state index contributed by atoms with van der Waals surface area (Å²) in [5.41, 5.74) is 10.1. The Bertz CT molecular complexity index is 1960. The summed E-state index contributed by atoms with van der Waals surface area (Å²) in [5.74, 6) is -0.233. The minimum atomic E-state index is -4.85. The van der Waals surface area contributed by atoms with Crippen molar-refractivity contribution in [2.45, 2.75) is 12.4 Å². The third-order valence-corrected chi connectivity index (χ3v) is 7.19. The van der Waals surface area contributed by atoms with E-state index in [-0.39, 0.29) is 44.8 Å². The van der Waals surface area contributed by atoms with Gasteiger partial charge in [0, 0.05) is 16.7 Å². The van der Waals surface area contributed by atoms with E-state index < -0.39 is 34.6 Å². The van der Waals surface area contributed by atoms with E-state index >= 15 is 0 Å². The van der Waals surface area contributed by atoms with Gasteiger partial charge in [-0.05, 0) is 81.9 Å². The van der Waals surface area contributed by atoms with Crippen molar-refractivity contribution in [1.82, 2.24) is 0 Å². The molecule has 0 radical (unpaired) electrons. The van der Waals surface area contributed by atoms with Crippen molar-refractivity contribution < 1.29 is 26.3 Å². The Kier molecular flexibility index (Phi) is 6.81. The predicted molar refractivity (Wildman–Crippen MR) is 146 cm³/mol. The molecule has 0 amide bonds. The molecule has 44 heavy (non-hydrogen) atoms. The number of nitriles is 4. The second kappa shape index (κ2) is 10.2. The van der Waals surface area contributed by atoms with Crippen LogP contribution in [0.4, 0.5) is 26.3 Å². The molecule has 4 aromatic rings. The molecule has 0 atom stereocenters. The number of fused-ring (bicyclic) bond motifs is 3. The molecule has 0 aromatic heterocycles. The van der Waals surface area contributed by atoms with Gasteiger partial charge in [-0.25, -0.2) is 0 Å². The Morgan fingerprint density at radius 1 is 0.477 bits per heavy atom. The Labute approximate surface area is 245 Å².